The Bertz CT molecular complexity index is 778. The molecule has 3 aromatic rings. The number of hydrogen-bond acceptors (Lipinski definition) is 3. The molecule has 1 fully saturated rings. The zero-order chi connectivity index (χ0) is 15.5. The molecular formula is C19H23ClN4. The summed E-state index contributed by atoms with van der Waals surface area (Å²) in [5.41, 5.74) is 2.35. The minimum absolute atomic E-state index is 0. The summed E-state index contributed by atoms with van der Waals surface area (Å²) in [6, 6.07) is 14.8. The van der Waals surface area contributed by atoms with Crippen LogP contribution < -0.4 is 10.2 Å². The van der Waals surface area contributed by atoms with Gasteiger partial charge >= 0.3 is 0 Å². The summed E-state index contributed by atoms with van der Waals surface area (Å²) in [5.74, 6) is 2.03. The van der Waals surface area contributed by atoms with Crippen molar-refractivity contribution >= 4 is 34.9 Å². The summed E-state index contributed by atoms with van der Waals surface area (Å²) in [6.07, 6.45) is 5.85. The minimum Gasteiger partial charge on any atom is -0.364 e. The fraction of sp³-hybridized carbons (Fsp3) is 0.316. The fourth-order valence-corrected chi connectivity index (χ4v) is 3.24. The van der Waals surface area contributed by atoms with Crippen LogP contribution in [0.3, 0.4) is 0 Å². The third-order valence-electron chi connectivity index (χ3n) is 4.51. The average Bonchev–Trinajstić information content (AvgIpc) is 3.10. The van der Waals surface area contributed by atoms with Crippen LogP contribution in [0.15, 0.2) is 48.7 Å². The monoisotopic (exact) mass is 342 g/mol. The van der Waals surface area contributed by atoms with Crippen molar-refractivity contribution in [3.8, 4) is 0 Å². The number of rotatable bonds is 4. The van der Waals surface area contributed by atoms with E-state index in [1.165, 1.54) is 30.2 Å². The topological polar surface area (TPSA) is 44.0 Å². The molecule has 24 heavy (non-hydrogen) atoms. The lowest BCUT2D eigenvalue weighted by Crippen LogP contribution is -2.30. The second-order valence-electron chi connectivity index (χ2n) is 6.16. The van der Waals surface area contributed by atoms with Crippen molar-refractivity contribution in [2.24, 2.45) is 0 Å². The third kappa shape index (κ3) is 3.49. The molecule has 1 aliphatic heterocycles. The van der Waals surface area contributed by atoms with E-state index in [-0.39, 0.29) is 12.4 Å². The third-order valence-corrected chi connectivity index (χ3v) is 4.51. The molecule has 0 aliphatic carbocycles. The molecule has 0 atom stereocenters. The highest BCUT2D eigenvalue weighted by Gasteiger charge is 2.15. The van der Waals surface area contributed by atoms with Crippen molar-refractivity contribution in [1.82, 2.24) is 9.97 Å². The maximum absolute atomic E-state index is 4.90. The van der Waals surface area contributed by atoms with Crippen molar-refractivity contribution < 1.29 is 0 Å². The Morgan fingerprint density at radius 1 is 1.04 bits per heavy atom. The van der Waals surface area contributed by atoms with Crippen LogP contribution in [-0.4, -0.2) is 23.1 Å². The highest BCUT2D eigenvalue weighted by molar-refractivity contribution is 5.91. The molecule has 126 valence electrons. The Morgan fingerprint density at radius 3 is 2.62 bits per heavy atom. The van der Waals surface area contributed by atoms with Gasteiger partial charge in [-0.15, -0.1) is 12.4 Å². The smallest absolute Gasteiger partial charge is 0.153 e. The SMILES string of the molecule is Cl.c1ccc(CNc2nc(N3CCCCC3)cc3cc[nH]c23)cc1. The predicted molar refractivity (Wildman–Crippen MR) is 103 cm³/mol. The molecule has 1 saturated heterocycles. The van der Waals surface area contributed by atoms with Crippen molar-refractivity contribution in [2.75, 3.05) is 23.3 Å². The van der Waals surface area contributed by atoms with Crippen LogP contribution in [0.5, 0.6) is 0 Å². The van der Waals surface area contributed by atoms with Gasteiger partial charge in [0.1, 0.15) is 5.82 Å². The molecule has 4 nitrogen and oxygen atoms in total. The molecule has 0 amide bonds. The molecule has 0 spiro atoms. The van der Waals surface area contributed by atoms with Crippen LogP contribution in [0.1, 0.15) is 24.8 Å². The standard InChI is InChI=1S/C19H22N4.ClH/c1-3-7-15(8-4-1)14-21-19-18-16(9-10-20-18)13-17(22-19)23-11-5-2-6-12-23;/h1,3-4,7-10,13,20H,2,5-6,11-12,14H2,(H,21,22);1H. The van der Waals surface area contributed by atoms with E-state index in [1.54, 1.807) is 0 Å². The zero-order valence-corrected chi connectivity index (χ0v) is 14.5. The molecule has 3 heterocycles. The van der Waals surface area contributed by atoms with E-state index < -0.39 is 0 Å². The molecule has 0 unspecified atom stereocenters. The number of halogens is 1. The molecule has 2 N–H and O–H groups in total. The highest BCUT2D eigenvalue weighted by atomic mass is 35.5. The number of nitrogens with one attached hydrogen (secondary N) is 2. The molecule has 0 radical (unpaired) electrons. The van der Waals surface area contributed by atoms with Gasteiger partial charge in [-0.05, 0) is 37.0 Å². The zero-order valence-electron chi connectivity index (χ0n) is 13.7. The van der Waals surface area contributed by atoms with Gasteiger partial charge in [-0.25, -0.2) is 4.98 Å². The molecule has 2 aromatic heterocycles. The maximum Gasteiger partial charge on any atom is 0.153 e. The lowest BCUT2D eigenvalue weighted by atomic mass is 10.1. The first-order valence-electron chi connectivity index (χ1n) is 8.41. The molecule has 4 rings (SSSR count). The summed E-state index contributed by atoms with van der Waals surface area (Å²) >= 11 is 0. The Hall–Kier alpha value is -2.20. The highest BCUT2D eigenvalue weighted by Crippen LogP contribution is 2.27. The van der Waals surface area contributed by atoms with E-state index in [4.69, 9.17) is 4.98 Å². The molecule has 0 saturated carbocycles. The minimum atomic E-state index is 0. The molecular weight excluding hydrogens is 320 g/mol. The van der Waals surface area contributed by atoms with E-state index in [9.17, 15) is 0 Å². The summed E-state index contributed by atoms with van der Waals surface area (Å²) in [4.78, 5) is 10.6. The Morgan fingerprint density at radius 2 is 1.83 bits per heavy atom. The first-order valence-corrected chi connectivity index (χ1v) is 8.41. The van der Waals surface area contributed by atoms with Crippen LogP contribution >= 0.6 is 12.4 Å². The second kappa shape index (κ2) is 7.58. The predicted octanol–water partition coefficient (Wildman–Crippen LogP) is 4.59. The van der Waals surface area contributed by atoms with E-state index in [2.05, 4.69) is 51.6 Å². The number of pyridine rings is 1. The van der Waals surface area contributed by atoms with Crippen molar-refractivity contribution in [1.29, 1.82) is 0 Å². The van der Waals surface area contributed by atoms with E-state index in [0.29, 0.717) is 0 Å². The van der Waals surface area contributed by atoms with Gasteiger partial charge in [-0.1, -0.05) is 30.3 Å². The van der Waals surface area contributed by atoms with E-state index in [1.807, 2.05) is 12.3 Å². The number of hydrogen-bond donors (Lipinski definition) is 2. The van der Waals surface area contributed by atoms with Crippen molar-refractivity contribution in [2.45, 2.75) is 25.8 Å². The van der Waals surface area contributed by atoms with Gasteiger partial charge in [-0.2, -0.15) is 0 Å². The molecule has 1 aromatic carbocycles. The Balaban J connectivity index is 0.00000169. The first-order chi connectivity index (χ1) is 11.4. The van der Waals surface area contributed by atoms with Gasteiger partial charge in [0.05, 0.1) is 5.52 Å². The summed E-state index contributed by atoms with van der Waals surface area (Å²) in [6.45, 7) is 3.01. The van der Waals surface area contributed by atoms with Crippen molar-refractivity contribution in [3.63, 3.8) is 0 Å². The number of anilines is 2. The fourth-order valence-electron chi connectivity index (χ4n) is 3.24. The normalized spacial score (nSPS) is 14.4. The summed E-state index contributed by atoms with van der Waals surface area (Å²) < 4.78 is 0. The summed E-state index contributed by atoms with van der Waals surface area (Å²) in [7, 11) is 0. The average molecular weight is 343 g/mol. The number of aromatic nitrogens is 2. The van der Waals surface area contributed by atoms with Crippen molar-refractivity contribution in [3.05, 3.63) is 54.2 Å². The lowest BCUT2D eigenvalue weighted by Gasteiger charge is -2.28. The van der Waals surface area contributed by atoms with Crippen LogP contribution in [0.4, 0.5) is 11.6 Å². The number of nitrogens with zero attached hydrogens (tertiary/aromatic N) is 2. The van der Waals surface area contributed by atoms with Gasteiger partial charge in [0, 0.05) is 31.2 Å². The number of fused-ring (bicyclic) bond motifs is 1. The quantitative estimate of drug-likeness (QED) is 0.729. The molecule has 1 aliphatic rings. The van der Waals surface area contributed by atoms with Crippen LogP contribution in [-0.2, 0) is 6.54 Å². The maximum atomic E-state index is 4.90. The van der Waals surface area contributed by atoms with Crippen LogP contribution in [0.25, 0.3) is 10.9 Å². The van der Waals surface area contributed by atoms with Gasteiger partial charge in [0.2, 0.25) is 0 Å². The van der Waals surface area contributed by atoms with Gasteiger partial charge in [0.15, 0.2) is 5.82 Å². The summed E-state index contributed by atoms with van der Waals surface area (Å²) in [5, 5.41) is 4.72. The second-order valence-corrected chi connectivity index (χ2v) is 6.16. The van der Waals surface area contributed by atoms with Gasteiger partial charge in [0.25, 0.3) is 0 Å². The molecule has 5 heteroatoms. The van der Waals surface area contributed by atoms with Crippen LogP contribution in [0.2, 0.25) is 0 Å². The number of H-pyrrole nitrogens is 1. The largest absolute Gasteiger partial charge is 0.364 e. The van der Waals surface area contributed by atoms with E-state index in [0.717, 1.165) is 36.8 Å². The first kappa shape index (κ1) is 16.7. The van der Waals surface area contributed by atoms with Gasteiger partial charge in [-0.3, -0.25) is 0 Å². The Labute approximate surface area is 148 Å². The Kier molecular flexibility index (Phi) is 5.26. The van der Waals surface area contributed by atoms with Gasteiger partial charge < -0.3 is 15.2 Å². The van der Waals surface area contributed by atoms with E-state index >= 15 is 0 Å². The molecule has 0 bridgehead atoms. The number of piperidine rings is 1. The number of benzene rings is 1. The van der Waals surface area contributed by atoms with Crippen LogP contribution in [0, 0.1) is 0 Å². The number of aromatic amines is 1. The lowest BCUT2D eigenvalue weighted by molar-refractivity contribution is 0.574.